The molecule has 0 spiro atoms. The lowest BCUT2D eigenvalue weighted by Gasteiger charge is -2.35. The summed E-state index contributed by atoms with van der Waals surface area (Å²) in [6, 6.07) is 116. The molecule has 1 aromatic heterocycles. The number of carbonyl (C=O) groups excluding carboxylic acids is 9. The Morgan fingerprint density at radius 3 is 1.06 bits per heavy atom. The van der Waals surface area contributed by atoms with Crippen LogP contribution in [-0.4, -0.2) is 118 Å². The fourth-order valence-electron chi connectivity index (χ4n) is 14.1. The summed E-state index contributed by atoms with van der Waals surface area (Å²) in [5.74, 6) is -2.01. The van der Waals surface area contributed by atoms with Gasteiger partial charge >= 0.3 is 53.7 Å². The Hall–Kier alpha value is -18.0. The molecule has 0 aliphatic rings. The fourth-order valence-corrected chi connectivity index (χ4v) is 14.1. The molecule has 145 heavy (non-hydrogen) atoms. The van der Waals surface area contributed by atoms with E-state index < -0.39 is 53.4 Å². The van der Waals surface area contributed by atoms with E-state index in [1.54, 1.807) is 77.9 Å². The highest BCUT2D eigenvalue weighted by molar-refractivity contribution is 5.98. The van der Waals surface area contributed by atoms with Crippen molar-refractivity contribution in [3.63, 3.8) is 0 Å². The Labute approximate surface area is 842 Å². The highest BCUT2D eigenvalue weighted by Gasteiger charge is 2.38. The number of aromatic nitrogens is 1. The largest absolute Gasteiger partial charge is 0.490 e. The first-order valence-electron chi connectivity index (χ1n) is 46.3. The summed E-state index contributed by atoms with van der Waals surface area (Å²) in [5.41, 5.74) is 9.13. The van der Waals surface area contributed by atoms with Crippen molar-refractivity contribution in [2.24, 2.45) is 0 Å². The molecule has 736 valence electrons. The van der Waals surface area contributed by atoms with Gasteiger partial charge < -0.3 is 56.7 Å². The first-order valence-corrected chi connectivity index (χ1v) is 46.3. The number of hydrogen-bond donors (Lipinski definition) is 0. The molecule has 0 saturated carbocycles. The van der Waals surface area contributed by atoms with E-state index in [-0.39, 0.29) is 64.3 Å². The van der Waals surface area contributed by atoms with E-state index in [1.807, 2.05) is 296 Å². The van der Waals surface area contributed by atoms with Gasteiger partial charge in [-0.2, -0.15) is 0 Å². The second-order valence-corrected chi connectivity index (χ2v) is 32.6. The van der Waals surface area contributed by atoms with E-state index in [9.17, 15) is 47.9 Å². The van der Waals surface area contributed by atoms with Crippen LogP contribution < -0.4 is 19.6 Å². The van der Waals surface area contributed by atoms with Gasteiger partial charge in [-0.25, -0.2) is 43.2 Å². The molecule has 0 bridgehead atoms. The van der Waals surface area contributed by atoms with Crippen LogP contribution in [0.4, 0.5) is 0 Å². The number of fused-ring (bicyclic) bond motifs is 6. The number of esters is 9. The molecule has 1 heterocycles. The third-order valence-corrected chi connectivity index (χ3v) is 21.4. The number of nitrogens with zero attached hydrogens (tertiary/aromatic N) is 1. The van der Waals surface area contributed by atoms with Gasteiger partial charge in [0.2, 0.25) is 0 Å². The zero-order valence-corrected chi connectivity index (χ0v) is 81.8. The van der Waals surface area contributed by atoms with Crippen LogP contribution in [-0.2, 0) is 83.6 Å². The minimum atomic E-state index is -0.806. The molecule has 0 fully saturated rings. The molecule has 0 radical (unpaired) electrons. The Morgan fingerprint density at radius 2 is 0.614 bits per heavy atom. The smallest absolute Gasteiger partial charge is 0.338 e. The predicted molar refractivity (Wildman–Crippen MR) is 570 cm³/mol. The van der Waals surface area contributed by atoms with Gasteiger partial charge in [-0.15, -0.1) is 0 Å². The quantitative estimate of drug-likeness (QED) is 0.00720. The van der Waals surface area contributed by atoms with Gasteiger partial charge in [0.05, 0.1) is 35.3 Å². The molecule has 0 amide bonds. The number of para-hydroxylation sites is 2. The molecule has 16 aromatic rings. The Balaban J connectivity index is 0.000000175. The number of rotatable bonds is 32. The van der Waals surface area contributed by atoms with Crippen molar-refractivity contribution in [2.45, 2.75) is 53.7 Å². The van der Waals surface area contributed by atoms with Crippen LogP contribution in [0.5, 0.6) is 17.2 Å². The van der Waals surface area contributed by atoms with E-state index >= 15 is 0 Å². The molecule has 22 nitrogen and oxygen atoms in total. The molecule has 0 saturated heterocycles. The number of carbonyl (C=O) groups is 9. The highest BCUT2D eigenvalue weighted by Crippen LogP contribution is 2.41. The lowest BCUT2D eigenvalue weighted by atomic mass is 9.80. The standard InChI is InChI=1S/C25H24O3.C19H17NO3.C19H18O4.C17H16O4.C16H16O3.C14H12O2.C13H10O2/c1-20(2)24(26)27-18-19-28-25(21-12-6-3-7-13-21,22-14-8-4-9-15-22)23-16-10-5-11-17-23;1-13(2)19(22)23-12-11-20-16-9-5-3-7-14(16)18(21)15-8-4-6-10-17(15)20;1-14(2)18(20)22-12-13-23-19(21)17-10-8-16(9-11-17)15-6-4-3-5-7-15;1-12(2)16(18)20-9-10-21-17(19)15-8-7-13-5-3-4-6-14(13)11-15;1-12(2)16(17)19-10-9-18-15-8-7-13-5-3-4-6-14(13)11-15;1-10(2)14(15)16-13-8-7-11-5-3-4-6-12(11)9-13;1-2-13(14)15-12-9-5-7-10-6-3-4-8-11(10)12/h3-17H,1,18-19H2,2H3;3-10H,1,11-12H2,2H3;3-11H,1,12-13H2,2H3;3-8,11H,1,9-10H2,2H3;3-8,11H,1,9-10H2,2H3;3-9H,1H2,2H3;2-9H,1H2. The third kappa shape index (κ3) is 33.1. The molecule has 0 unspecified atom stereocenters. The molecule has 0 aliphatic heterocycles. The zero-order valence-electron chi connectivity index (χ0n) is 81.8. The van der Waals surface area contributed by atoms with Gasteiger partial charge in [0.25, 0.3) is 0 Å². The number of hydrogen-bond acceptors (Lipinski definition) is 21. The summed E-state index contributed by atoms with van der Waals surface area (Å²) >= 11 is 0. The SMILES string of the molecule is C=C(C)C(=O)OCCOC(=O)c1ccc(-c2ccccc2)cc1.C=C(C)C(=O)OCCOC(=O)c1ccc2ccccc2c1.C=C(C)C(=O)OCCOC(c1ccccc1)(c1ccccc1)c1ccccc1.C=C(C)C(=O)OCCOc1ccc2ccccc2c1.C=C(C)C(=O)OCCn1c2ccccc2c(=O)c2ccccc21.C=C(C)C(=O)Oc1ccc2ccccc2c1.C=CC(=O)Oc1cccc2ccccc12. The van der Waals surface area contributed by atoms with E-state index in [4.69, 9.17) is 52.1 Å². The summed E-state index contributed by atoms with van der Waals surface area (Å²) in [6.07, 6.45) is 1.15. The predicted octanol–water partition coefficient (Wildman–Crippen LogP) is 24.7. The Bertz CT molecular complexity index is 7190. The molecule has 0 atom stereocenters. The third-order valence-electron chi connectivity index (χ3n) is 21.4. The van der Waals surface area contributed by atoms with Gasteiger partial charge in [-0.1, -0.05) is 331 Å². The second-order valence-electron chi connectivity index (χ2n) is 32.6. The molecule has 0 N–H and O–H groups in total. The average molecular weight is 1940 g/mol. The normalized spacial score (nSPS) is 10.4. The van der Waals surface area contributed by atoms with Crippen LogP contribution in [0.15, 0.2) is 454 Å². The minimum absolute atomic E-state index is 0.0122. The molecule has 0 aliphatic carbocycles. The summed E-state index contributed by atoms with van der Waals surface area (Å²) in [4.78, 5) is 115. The lowest BCUT2D eigenvalue weighted by Crippen LogP contribution is -2.34. The molecule has 22 heteroatoms. The zero-order chi connectivity index (χ0) is 104. The maximum atomic E-state index is 12.6. The van der Waals surface area contributed by atoms with Gasteiger partial charge in [0, 0.05) is 55.7 Å². The summed E-state index contributed by atoms with van der Waals surface area (Å²) in [5, 5.41) is 9.80. The van der Waals surface area contributed by atoms with Gasteiger partial charge in [0.15, 0.2) is 5.43 Å². The van der Waals surface area contributed by atoms with Crippen molar-refractivity contribution in [1.29, 1.82) is 0 Å². The number of pyridine rings is 1. The van der Waals surface area contributed by atoms with E-state index in [0.717, 1.165) is 88.4 Å². The van der Waals surface area contributed by atoms with Crippen molar-refractivity contribution in [3.8, 4) is 28.4 Å². The van der Waals surface area contributed by atoms with Crippen LogP contribution in [0.25, 0.3) is 76.0 Å². The van der Waals surface area contributed by atoms with Crippen LogP contribution in [0, 0.1) is 0 Å². The first-order chi connectivity index (χ1) is 70.0. The molecule has 15 aromatic carbocycles. The average Bonchev–Trinajstić information content (AvgIpc) is 0.758. The monoisotopic (exact) mass is 1940 g/mol. The fraction of sp³-hybridized carbons (Fsp3) is 0.138. The van der Waals surface area contributed by atoms with Crippen LogP contribution in [0.2, 0.25) is 0 Å². The number of ether oxygens (including phenoxy) is 11. The summed E-state index contributed by atoms with van der Waals surface area (Å²) in [7, 11) is 0. The van der Waals surface area contributed by atoms with Gasteiger partial charge in [0.1, 0.15) is 75.7 Å². The molecular formula is C123H113NO21. The topological polar surface area (TPSA) is 277 Å². The van der Waals surface area contributed by atoms with Crippen molar-refractivity contribution in [2.75, 3.05) is 59.5 Å². The maximum Gasteiger partial charge on any atom is 0.338 e. The van der Waals surface area contributed by atoms with Gasteiger partial charge in [-0.3, -0.25) is 4.79 Å². The van der Waals surface area contributed by atoms with E-state index in [1.165, 1.54) is 5.39 Å². The lowest BCUT2D eigenvalue weighted by molar-refractivity contribution is -0.142. The van der Waals surface area contributed by atoms with E-state index in [2.05, 4.69) is 82.5 Å². The van der Waals surface area contributed by atoms with E-state index in [0.29, 0.717) is 80.0 Å². The number of benzene rings is 15. The van der Waals surface area contributed by atoms with Crippen LogP contribution >= 0.6 is 0 Å². The van der Waals surface area contributed by atoms with Crippen LogP contribution in [0.1, 0.15) is 78.9 Å². The van der Waals surface area contributed by atoms with Gasteiger partial charge in [-0.05, 0) is 186 Å². The van der Waals surface area contributed by atoms with Crippen molar-refractivity contribution in [1.82, 2.24) is 4.57 Å². The minimum Gasteiger partial charge on any atom is -0.490 e. The molecular weight excluding hydrogens is 1830 g/mol. The Kier molecular flexibility index (Phi) is 42.3. The first kappa shape index (κ1) is 109. The maximum absolute atomic E-state index is 12.6. The van der Waals surface area contributed by atoms with Crippen molar-refractivity contribution >= 4 is 119 Å². The summed E-state index contributed by atoms with van der Waals surface area (Å²) in [6.45, 7) is 35.8. The van der Waals surface area contributed by atoms with Crippen molar-refractivity contribution in [3.05, 3.63) is 488 Å². The Morgan fingerprint density at radius 1 is 0.283 bits per heavy atom. The van der Waals surface area contributed by atoms with Crippen molar-refractivity contribution < 1.29 is 95.3 Å². The molecule has 16 rings (SSSR count). The van der Waals surface area contributed by atoms with Crippen LogP contribution in [0.3, 0.4) is 0 Å². The summed E-state index contributed by atoms with van der Waals surface area (Å²) < 4.78 is 59.5. The second kappa shape index (κ2) is 56.3. The highest BCUT2D eigenvalue weighted by atomic mass is 16.6.